The normalized spacial score (nSPS) is 12.4. The van der Waals surface area contributed by atoms with Crippen LogP contribution < -0.4 is 0 Å². The van der Waals surface area contributed by atoms with Crippen molar-refractivity contribution in [1.82, 2.24) is 9.97 Å². The van der Waals surface area contributed by atoms with Crippen molar-refractivity contribution in [1.29, 1.82) is 0 Å². The number of aromatic nitrogens is 2. The number of hydrogen-bond acceptors (Lipinski definition) is 3. The largest absolute Gasteiger partial charge is 0.386 e. The van der Waals surface area contributed by atoms with Gasteiger partial charge in [0, 0.05) is 18.3 Å². The minimum Gasteiger partial charge on any atom is -0.386 e. The highest BCUT2D eigenvalue weighted by atomic mass is 19.1. The third-order valence-corrected chi connectivity index (χ3v) is 2.79. The van der Waals surface area contributed by atoms with Gasteiger partial charge < -0.3 is 5.11 Å². The Labute approximate surface area is 105 Å². The van der Waals surface area contributed by atoms with Gasteiger partial charge in [-0.1, -0.05) is 13.0 Å². The predicted octanol–water partition coefficient (Wildman–Crippen LogP) is 2.45. The molecule has 0 bridgehead atoms. The predicted molar refractivity (Wildman–Crippen MR) is 66.5 cm³/mol. The third-order valence-electron chi connectivity index (χ3n) is 2.79. The highest BCUT2D eigenvalue weighted by Gasteiger charge is 2.10. The minimum absolute atomic E-state index is 0.378. The van der Waals surface area contributed by atoms with Crippen molar-refractivity contribution in [2.45, 2.75) is 25.9 Å². The number of rotatable bonds is 4. The molecule has 0 saturated heterocycles. The van der Waals surface area contributed by atoms with Crippen LogP contribution in [0.3, 0.4) is 0 Å². The molecule has 1 atom stereocenters. The van der Waals surface area contributed by atoms with Crippen molar-refractivity contribution in [3.8, 4) is 0 Å². The quantitative estimate of drug-likeness (QED) is 0.901. The molecule has 0 radical (unpaired) electrons. The molecule has 0 aliphatic rings. The lowest BCUT2D eigenvalue weighted by molar-refractivity contribution is 0.172. The summed E-state index contributed by atoms with van der Waals surface area (Å²) in [6.07, 6.45) is 3.47. The molecule has 2 heterocycles. The van der Waals surface area contributed by atoms with Crippen molar-refractivity contribution in [2.75, 3.05) is 0 Å². The van der Waals surface area contributed by atoms with E-state index in [0.29, 0.717) is 12.1 Å². The fraction of sp³-hybridized carbons (Fsp3) is 0.286. The summed E-state index contributed by atoms with van der Waals surface area (Å²) < 4.78 is 12.7. The summed E-state index contributed by atoms with van der Waals surface area (Å²) in [7, 11) is 0. The van der Waals surface area contributed by atoms with Crippen LogP contribution in [0.4, 0.5) is 4.39 Å². The Hall–Kier alpha value is -1.81. The average molecular weight is 246 g/mol. The summed E-state index contributed by atoms with van der Waals surface area (Å²) >= 11 is 0. The van der Waals surface area contributed by atoms with Crippen LogP contribution in [0.5, 0.6) is 0 Å². The number of aliphatic hydroxyl groups excluding tert-OH is 1. The van der Waals surface area contributed by atoms with Gasteiger partial charge in [0.2, 0.25) is 0 Å². The van der Waals surface area contributed by atoms with Gasteiger partial charge in [-0.15, -0.1) is 0 Å². The van der Waals surface area contributed by atoms with Crippen LogP contribution in [-0.2, 0) is 12.8 Å². The summed E-state index contributed by atoms with van der Waals surface area (Å²) in [5.41, 5.74) is 2.41. The minimum atomic E-state index is -0.759. The second-order valence-electron chi connectivity index (χ2n) is 4.13. The Kier molecular flexibility index (Phi) is 3.99. The molecule has 0 aromatic carbocycles. The SMILES string of the molecule is CCc1ccc(CC(O)c2ccc(F)cn2)nc1. The Bertz CT molecular complexity index is 496. The average Bonchev–Trinajstić information content (AvgIpc) is 2.40. The summed E-state index contributed by atoms with van der Waals surface area (Å²) in [6, 6.07) is 6.66. The highest BCUT2D eigenvalue weighted by Crippen LogP contribution is 2.15. The molecule has 1 unspecified atom stereocenters. The summed E-state index contributed by atoms with van der Waals surface area (Å²) in [5, 5.41) is 9.97. The Balaban J connectivity index is 2.05. The van der Waals surface area contributed by atoms with E-state index in [0.717, 1.165) is 23.9 Å². The van der Waals surface area contributed by atoms with E-state index in [1.54, 1.807) is 6.20 Å². The molecule has 0 fully saturated rings. The van der Waals surface area contributed by atoms with Crippen molar-refractivity contribution in [3.63, 3.8) is 0 Å². The molecule has 0 spiro atoms. The third kappa shape index (κ3) is 3.11. The van der Waals surface area contributed by atoms with E-state index in [9.17, 15) is 9.50 Å². The first-order chi connectivity index (χ1) is 8.69. The summed E-state index contributed by atoms with van der Waals surface area (Å²) in [5.74, 6) is -0.406. The van der Waals surface area contributed by atoms with Crippen molar-refractivity contribution >= 4 is 0 Å². The van der Waals surface area contributed by atoms with Crippen LogP contribution in [0.1, 0.15) is 30.0 Å². The second kappa shape index (κ2) is 5.69. The molecule has 0 saturated carbocycles. The molecule has 4 heteroatoms. The molecule has 2 aromatic rings. The molecule has 0 amide bonds. The Morgan fingerprint density at radius 2 is 2.00 bits per heavy atom. The number of nitrogens with zero attached hydrogens (tertiary/aromatic N) is 2. The van der Waals surface area contributed by atoms with E-state index in [1.807, 2.05) is 12.1 Å². The molecule has 0 aliphatic carbocycles. The van der Waals surface area contributed by atoms with Crippen LogP contribution in [0.25, 0.3) is 0 Å². The lowest BCUT2D eigenvalue weighted by Crippen LogP contribution is -2.05. The number of aryl methyl sites for hydroxylation is 1. The fourth-order valence-electron chi connectivity index (χ4n) is 1.67. The van der Waals surface area contributed by atoms with Crippen molar-refractivity contribution in [3.05, 3.63) is 59.4 Å². The van der Waals surface area contributed by atoms with Crippen LogP contribution in [0.15, 0.2) is 36.7 Å². The molecule has 18 heavy (non-hydrogen) atoms. The van der Waals surface area contributed by atoms with Crippen molar-refractivity contribution in [2.24, 2.45) is 0 Å². The first-order valence-corrected chi connectivity index (χ1v) is 5.92. The van der Waals surface area contributed by atoms with Gasteiger partial charge in [0.15, 0.2) is 0 Å². The molecular weight excluding hydrogens is 231 g/mol. The molecule has 0 aliphatic heterocycles. The van der Waals surface area contributed by atoms with Crippen LogP contribution in [0, 0.1) is 5.82 Å². The number of aliphatic hydroxyl groups is 1. The number of halogens is 1. The maximum Gasteiger partial charge on any atom is 0.141 e. The number of pyridine rings is 2. The van der Waals surface area contributed by atoms with Gasteiger partial charge >= 0.3 is 0 Å². The monoisotopic (exact) mass is 246 g/mol. The van der Waals surface area contributed by atoms with Gasteiger partial charge in [0.25, 0.3) is 0 Å². The van der Waals surface area contributed by atoms with E-state index in [4.69, 9.17) is 0 Å². The molecule has 94 valence electrons. The zero-order chi connectivity index (χ0) is 13.0. The summed E-state index contributed by atoms with van der Waals surface area (Å²) in [4.78, 5) is 8.13. The lowest BCUT2D eigenvalue weighted by atomic mass is 10.1. The fourth-order valence-corrected chi connectivity index (χ4v) is 1.67. The standard InChI is InChI=1S/C14H15FN2O/c1-2-10-3-5-12(16-8-10)7-14(18)13-6-4-11(15)9-17-13/h3-6,8-9,14,18H,2,7H2,1H3. The zero-order valence-corrected chi connectivity index (χ0v) is 10.2. The van der Waals surface area contributed by atoms with Crippen molar-refractivity contribution < 1.29 is 9.50 Å². The van der Waals surface area contributed by atoms with Crippen LogP contribution in [0.2, 0.25) is 0 Å². The van der Waals surface area contributed by atoms with Crippen LogP contribution in [-0.4, -0.2) is 15.1 Å². The van der Waals surface area contributed by atoms with E-state index >= 15 is 0 Å². The van der Waals surface area contributed by atoms with E-state index < -0.39 is 11.9 Å². The van der Waals surface area contributed by atoms with E-state index in [-0.39, 0.29) is 0 Å². The number of hydrogen-bond donors (Lipinski definition) is 1. The lowest BCUT2D eigenvalue weighted by Gasteiger charge is -2.09. The smallest absolute Gasteiger partial charge is 0.141 e. The zero-order valence-electron chi connectivity index (χ0n) is 10.2. The topological polar surface area (TPSA) is 46.0 Å². The van der Waals surface area contributed by atoms with Gasteiger partial charge in [-0.05, 0) is 30.2 Å². The Morgan fingerprint density at radius 3 is 2.56 bits per heavy atom. The molecule has 3 nitrogen and oxygen atoms in total. The highest BCUT2D eigenvalue weighted by molar-refractivity contribution is 5.16. The first kappa shape index (κ1) is 12.6. The molecular formula is C14H15FN2O. The van der Waals surface area contributed by atoms with Crippen LogP contribution >= 0.6 is 0 Å². The molecule has 1 N–H and O–H groups in total. The molecule has 2 aromatic heterocycles. The first-order valence-electron chi connectivity index (χ1n) is 5.92. The van der Waals surface area contributed by atoms with Gasteiger partial charge in [-0.3, -0.25) is 9.97 Å². The van der Waals surface area contributed by atoms with E-state index in [2.05, 4.69) is 16.9 Å². The Morgan fingerprint density at radius 1 is 1.17 bits per heavy atom. The van der Waals surface area contributed by atoms with Gasteiger partial charge in [-0.25, -0.2) is 4.39 Å². The maximum atomic E-state index is 12.7. The van der Waals surface area contributed by atoms with Gasteiger partial charge in [0.1, 0.15) is 11.9 Å². The second-order valence-corrected chi connectivity index (χ2v) is 4.13. The summed E-state index contributed by atoms with van der Waals surface area (Å²) in [6.45, 7) is 2.06. The van der Waals surface area contributed by atoms with Gasteiger partial charge in [-0.2, -0.15) is 0 Å². The molecule has 2 rings (SSSR count). The van der Waals surface area contributed by atoms with E-state index in [1.165, 1.54) is 12.1 Å². The maximum absolute atomic E-state index is 12.7. The van der Waals surface area contributed by atoms with Gasteiger partial charge in [0.05, 0.1) is 11.9 Å².